The van der Waals surface area contributed by atoms with Crippen LogP contribution < -0.4 is 5.73 Å². The fourth-order valence-electron chi connectivity index (χ4n) is 1.54. The van der Waals surface area contributed by atoms with Crippen molar-refractivity contribution in [3.05, 3.63) is 17.0 Å². The normalized spacial score (nSPS) is 19.8. The average molecular weight is 201 g/mol. The van der Waals surface area contributed by atoms with Gasteiger partial charge in [-0.15, -0.1) is 0 Å². The minimum atomic E-state index is -2.91. The summed E-state index contributed by atoms with van der Waals surface area (Å²) in [6.45, 7) is 0.293. The van der Waals surface area contributed by atoms with E-state index in [1.165, 1.54) is 0 Å². The number of nitrogens with two attached hydrogens (primary N) is 1. The van der Waals surface area contributed by atoms with Crippen molar-refractivity contribution in [2.24, 2.45) is 5.73 Å². The van der Waals surface area contributed by atoms with Crippen LogP contribution in [0.25, 0.3) is 0 Å². The number of sulfone groups is 1. The zero-order chi connectivity index (χ0) is 9.47. The number of aromatic amines is 1. The Morgan fingerprint density at radius 3 is 3.00 bits per heavy atom. The van der Waals surface area contributed by atoms with E-state index in [0.29, 0.717) is 18.7 Å². The first-order valence-electron chi connectivity index (χ1n) is 4.08. The van der Waals surface area contributed by atoms with Gasteiger partial charge in [0, 0.05) is 24.2 Å². The Balaban J connectivity index is 2.47. The quantitative estimate of drug-likeness (QED) is 0.631. The van der Waals surface area contributed by atoms with Crippen molar-refractivity contribution in [1.82, 2.24) is 10.2 Å². The maximum atomic E-state index is 11.3. The van der Waals surface area contributed by atoms with Gasteiger partial charge in [0.15, 0.2) is 9.84 Å². The van der Waals surface area contributed by atoms with Gasteiger partial charge < -0.3 is 5.73 Å². The molecule has 0 saturated heterocycles. The molecule has 0 radical (unpaired) electrons. The summed E-state index contributed by atoms with van der Waals surface area (Å²) < 4.78 is 22.6. The minimum Gasteiger partial charge on any atom is -0.325 e. The lowest BCUT2D eigenvalue weighted by atomic mass is 10.1. The van der Waals surface area contributed by atoms with Crippen molar-refractivity contribution in [3.63, 3.8) is 0 Å². The molecule has 5 nitrogen and oxygen atoms in total. The largest absolute Gasteiger partial charge is 0.325 e. The molecule has 0 fully saturated rings. The second-order valence-electron chi connectivity index (χ2n) is 3.17. The lowest BCUT2D eigenvalue weighted by Crippen LogP contribution is -2.19. The highest BCUT2D eigenvalue weighted by molar-refractivity contribution is 7.90. The molecule has 0 spiro atoms. The molecule has 0 aliphatic carbocycles. The molecule has 0 atom stereocenters. The summed E-state index contributed by atoms with van der Waals surface area (Å²) in [5.74, 6) is 0.303. The topological polar surface area (TPSA) is 88.8 Å². The lowest BCUT2D eigenvalue weighted by Gasteiger charge is -2.11. The van der Waals surface area contributed by atoms with Crippen molar-refractivity contribution in [2.75, 3.05) is 5.75 Å². The predicted molar refractivity (Wildman–Crippen MR) is 47.7 cm³/mol. The molecule has 2 rings (SSSR count). The van der Waals surface area contributed by atoms with E-state index in [2.05, 4.69) is 10.2 Å². The smallest absolute Gasteiger partial charge is 0.154 e. The number of fused-ring (bicyclic) bond motifs is 1. The molecule has 0 bridgehead atoms. The van der Waals surface area contributed by atoms with Gasteiger partial charge >= 0.3 is 0 Å². The Kier molecular flexibility index (Phi) is 1.88. The lowest BCUT2D eigenvalue weighted by molar-refractivity contribution is 0.591. The van der Waals surface area contributed by atoms with Gasteiger partial charge in [0.05, 0.1) is 17.2 Å². The van der Waals surface area contributed by atoms with Crippen LogP contribution in [0.2, 0.25) is 0 Å². The van der Waals surface area contributed by atoms with Crippen molar-refractivity contribution in [1.29, 1.82) is 0 Å². The summed E-state index contributed by atoms with van der Waals surface area (Å²) in [5.41, 5.74) is 7.82. The molecular weight excluding hydrogens is 190 g/mol. The molecular formula is C7H11N3O2S. The Bertz CT molecular complexity index is 407. The summed E-state index contributed by atoms with van der Waals surface area (Å²) in [5, 5.41) is 6.79. The van der Waals surface area contributed by atoms with E-state index in [9.17, 15) is 8.42 Å². The highest BCUT2D eigenvalue weighted by atomic mass is 32.2. The van der Waals surface area contributed by atoms with Gasteiger partial charge in [-0.25, -0.2) is 8.42 Å². The Morgan fingerprint density at radius 1 is 1.54 bits per heavy atom. The zero-order valence-corrected chi connectivity index (χ0v) is 7.89. The maximum absolute atomic E-state index is 11.3. The van der Waals surface area contributed by atoms with Crippen LogP contribution in [-0.4, -0.2) is 24.4 Å². The first-order chi connectivity index (χ1) is 6.12. The van der Waals surface area contributed by atoms with Crippen LogP contribution in [0.15, 0.2) is 0 Å². The molecule has 13 heavy (non-hydrogen) atoms. The summed E-state index contributed by atoms with van der Waals surface area (Å²) in [4.78, 5) is 0. The van der Waals surface area contributed by atoms with Crippen LogP contribution in [0.1, 0.15) is 17.0 Å². The summed E-state index contributed by atoms with van der Waals surface area (Å²) in [7, 11) is -2.91. The molecule has 1 aromatic rings. The number of aromatic nitrogens is 2. The second-order valence-corrected chi connectivity index (χ2v) is 5.36. The number of nitrogens with one attached hydrogen (secondary N) is 1. The zero-order valence-electron chi connectivity index (χ0n) is 7.08. The van der Waals surface area contributed by atoms with Gasteiger partial charge in [0.25, 0.3) is 0 Å². The first kappa shape index (κ1) is 8.71. The molecule has 1 aliphatic heterocycles. The van der Waals surface area contributed by atoms with Gasteiger partial charge in [-0.1, -0.05) is 0 Å². The number of rotatable bonds is 1. The van der Waals surface area contributed by atoms with Gasteiger partial charge in [0.1, 0.15) is 0 Å². The molecule has 1 aliphatic rings. The fraction of sp³-hybridized carbons (Fsp3) is 0.571. The highest BCUT2D eigenvalue weighted by Crippen LogP contribution is 2.21. The Morgan fingerprint density at radius 2 is 2.31 bits per heavy atom. The van der Waals surface area contributed by atoms with E-state index < -0.39 is 9.84 Å². The third-order valence-corrected chi connectivity index (χ3v) is 3.81. The minimum absolute atomic E-state index is 0.0887. The molecule has 0 amide bonds. The van der Waals surface area contributed by atoms with Crippen LogP contribution in [0.4, 0.5) is 0 Å². The number of aryl methyl sites for hydroxylation is 1. The van der Waals surface area contributed by atoms with E-state index in [0.717, 1.165) is 11.3 Å². The second kappa shape index (κ2) is 2.81. The number of hydrogen-bond acceptors (Lipinski definition) is 4. The first-order valence-corrected chi connectivity index (χ1v) is 5.90. The Hall–Kier alpha value is -0.880. The third-order valence-electron chi connectivity index (χ3n) is 2.26. The van der Waals surface area contributed by atoms with Crippen LogP contribution >= 0.6 is 0 Å². The summed E-state index contributed by atoms with van der Waals surface area (Å²) in [6.07, 6.45) is 0.532. The molecule has 6 heteroatoms. The summed E-state index contributed by atoms with van der Waals surface area (Å²) >= 11 is 0. The van der Waals surface area contributed by atoms with Crippen LogP contribution in [-0.2, 0) is 28.6 Å². The van der Waals surface area contributed by atoms with Crippen molar-refractivity contribution in [3.8, 4) is 0 Å². The highest BCUT2D eigenvalue weighted by Gasteiger charge is 2.25. The van der Waals surface area contributed by atoms with E-state index >= 15 is 0 Å². The average Bonchev–Trinajstić information content (AvgIpc) is 2.44. The van der Waals surface area contributed by atoms with E-state index in [4.69, 9.17) is 5.73 Å². The van der Waals surface area contributed by atoms with Crippen LogP contribution in [0, 0.1) is 0 Å². The predicted octanol–water partition coefficient (Wildman–Crippen LogP) is -0.661. The molecule has 72 valence electrons. The van der Waals surface area contributed by atoms with E-state index in [1.807, 2.05) is 0 Å². The maximum Gasteiger partial charge on any atom is 0.154 e. The van der Waals surface area contributed by atoms with Crippen LogP contribution in [0.5, 0.6) is 0 Å². The van der Waals surface area contributed by atoms with Gasteiger partial charge in [-0.3, -0.25) is 5.10 Å². The number of nitrogens with zero attached hydrogens (tertiary/aromatic N) is 1. The van der Waals surface area contributed by atoms with Gasteiger partial charge in [-0.2, -0.15) is 5.10 Å². The summed E-state index contributed by atoms with van der Waals surface area (Å²) in [6, 6.07) is 0. The molecule has 0 unspecified atom stereocenters. The van der Waals surface area contributed by atoms with Crippen molar-refractivity contribution < 1.29 is 8.42 Å². The third kappa shape index (κ3) is 1.47. The van der Waals surface area contributed by atoms with E-state index in [1.54, 1.807) is 0 Å². The molecule has 1 aromatic heterocycles. The fourth-order valence-corrected chi connectivity index (χ4v) is 2.98. The molecule has 3 N–H and O–H groups in total. The van der Waals surface area contributed by atoms with Gasteiger partial charge in [-0.05, 0) is 0 Å². The van der Waals surface area contributed by atoms with Crippen LogP contribution in [0.3, 0.4) is 0 Å². The van der Waals surface area contributed by atoms with Gasteiger partial charge in [0.2, 0.25) is 0 Å². The number of hydrogen-bond donors (Lipinski definition) is 2. The Labute approximate surface area is 76.2 Å². The number of H-pyrrole nitrogens is 1. The SMILES string of the molecule is NCc1n[nH]c2c1CS(=O)(=O)CC2. The standard InChI is InChI=1S/C7H11N3O2S/c8-3-7-5-4-13(11,12)2-1-6(5)9-10-7/h1-4,8H2,(H,9,10). The molecule has 0 aromatic carbocycles. The van der Waals surface area contributed by atoms with Crippen molar-refractivity contribution in [2.45, 2.75) is 18.7 Å². The molecule has 0 saturated carbocycles. The van der Waals surface area contributed by atoms with E-state index in [-0.39, 0.29) is 11.5 Å². The monoisotopic (exact) mass is 201 g/mol. The van der Waals surface area contributed by atoms with Crippen molar-refractivity contribution >= 4 is 9.84 Å². The molecule has 2 heterocycles.